The molecule has 2 aliphatic heterocycles. The van der Waals surface area contributed by atoms with E-state index in [-0.39, 0.29) is 5.91 Å². The van der Waals surface area contributed by atoms with Gasteiger partial charge in [0.15, 0.2) is 0 Å². The maximum atomic E-state index is 12.8. The second-order valence-electron chi connectivity index (χ2n) is 6.71. The molecule has 1 amide bonds. The van der Waals surface area contributed by atoms with Gasteiger partial charge in [-0.15, -0.1) is 11.3 Å². The molecule has 0 spiro atoms. The predicted octanol–water partition coefficient (Wildman–Crippen LogP) is 3.76. The molecule has 3 rings (SSSR count). The van der Waals surface area contributed by atoms with E-state index in [9.17, 15) is 4.79 Å². The molecule has 0 radical (unpaired) electrons. The van der Waals surface area contributed by atoms with Crippen LogP contribution in [0, 0.1) is 0 Å². The van der Waals surface area contributed by atoms with Crippen molar-refractivity contribution in [3.63, 3.8) is 0 Å². The number of rotatable bonds is 6. The summed E-state index contributed by atoms with van der Waals surface area (Å²) in [6.45, 7) is 6.15. The van der Waals surface area contributed by atoms with Crippen LogP contribution in [0.5, 0.6) is 0 Å². The van der Waals surface area contributed by atoms with Crippen molar-refractivity contribution in [2.75, 3.05) is 26.2 Å². The molecule has 24 heavy (non-hydrogen) atoms. The number of piperidine rings is 1. The normalized spacial score (nSPS) is 22.3. The van der Waals surface area contributed by atoms with Crippen molar-refractivity contribution in [2.24, 2.45) is 0 Å². The average molecular weight is 349 g/mol. The summed E-state index contributed by atoms with van der Waals surface area (Å²) in [6, 6.07) is 4.28. The maximum absolute atomic E-state index is 12.8. The fourth-order valence-electron chi connectivity index (χ4n) is 3.65. The zero-order chi connectivity index (χ0) is 16.8. The molecule has 132 valence electrons. The Morgan fingerprint density at radius 3 is 2.83 bits per heavy atom. The van der Waals surface area contributed by atoms with Gasteiger partial charge in [0, 0.05) is 32.2 Å². The Morgan fingerprint density at radius 1 is 1.38 bits per heavy atom. The lowest BCUT2D eigenvalue weighted by Crippen LogP contribution is -2.49. The maximum Gasteiger partial charge on any atom is 0.264 e. The Morgan fingerprint density at radius 2 is 2.21 bits per heavy atom. The van der Waals surface area contributed by atoms with Crippen LogP contribution >= 0.6 is 11.3 Å². The van der Waals surface area contributed by atoms with Crippen molar-refractivity contribution in [2.45, 2.75) is 51.2 Å². The van der Waals surface area contributed by atoms with Gasteiger partial charge in [-0.2, -0.15) is 0 Å². The van der Waals surface area contributed by atoms with E-state index in [0.717, 1.165) is 63.2 Å². The quantitative estimate of drug-likeness (QED) is 0.785. The Hall–Kier alpha value is -1.33. The first kappa shape index (κ1) is 17.5. The summed E-state index contributed by atoms with van der Waals surface area (Å²) < 4.78 is 5.70. The highest BCUT2D eigenvalue weighted by Gasteiger charge is 2.29. The number of amides is 1. The van der Waals surface area contributed by atoms with Gasteiger partial charge in [0.25, 0.3) is 5.91 Å². The topological polar surface area (TPSA) is 32.8 Å². The third kappa shape index (κ3) is 4.39. The van der Waals surface area contributed by atoms with E-state index in [2.05, 4.69) is 22.8 Å². The van der Waals surface area contributed by atoms with E-state index in [1.165, 1.54) is 0 Å². The Kier molecular flexibility index (Phi) is 6.32. The lowest BCUT2D eigenvalue weighted by Gasteiger charge is -2.39. The van der Waals surface area contributed by atoms with E-state index in [1.807, 2.05) is 23.8 Å². The number of carbonyl (C=O) groups excluding carboxylic acids is 1. The molecule has 3 heterocycles. The second kappa shape index (κ2) is 8.67. The highest BCUT2D eigenvalue weighted by atomic mass is 32.1. The number of hydrogen-bond acceptors (Lipinski definition) is 4. The fraction of sp³-hybridized carbons (Fsp3) is 0.632. The van der Waals surface area contributed by atoms with Crippen molar-refractivity contribution in [1.82, 2.24) is 9.80 Å². The first-order chi connectivity index (χ1) is 11.8. The molecule has 0 aliphatic carbocycles. The van der Waals surface area contributed by atoms with Crippen LogP contribution in [0.3, 0.4) is 0 Å². The molecule has 0 saturated carbocycles. The molecule has 2 aliphatic rings. The number of carbonyl (C=O) groups is 1. The molecule has 0 N–H and O–H groups in total. The first-order valence-electron chi connectivity index (χ1n) is 9.15. The molecule has 1 fully saturated rings. The summed E-state index contributed by atoms with van der Waals surface area (Å²) in [5.41, 5.74) is 0. The second-order valence-corrected chi connectivity index (χ2v) is 7.66. The number of thiophene rings is 1. The van der Waals surface area contributed by atoms with E-state index < -0.39 is 0 Å². The van der Waals surface area contributed by atoms with Gasteiger partial charge in [0.05, 0.1) is 11.1 Å². The van der Waals surface area contributed by atoms with Crippen molar-refractivity contribution >= 4 is 17.2 Å². The van der Waals surface area contributed by atoms with Crippen molar-refractivity contribution in [1.29, 1.82) is 0 Å². The summed E-state index contributed by atoms with van der Waals surface area (Å²) in [4.78, 5) is 18.3. The largest absolute Gasteiger partial charge is 0.497 e. The van der Waals surface area contributed by atoms with Gasteiger partial charge in [-0.1, -0.05) is 13.0 Å². The minimum atomic E-state index is 0.214. The van der Waals surface area contributed by atoms with Gasteiger partial charge in [-0.3, -0.25) is 9.69 Å². The monoisotopic (exact) mass is 348 g/mol. The van der Waals surface area contributed by atoms with Crippen molar-refractivity contribution in [3.8, 4) is 0 Å². The van der Waals surface area contributed by atoms with Crippen LogP contribution in [0.2, 0.25) is 0 Å². The van der Waals surface area contributed by atoms with Gasteiger partial charge >= 0.3 is 0 Å². The number of hydrogen-bond donors (Lipinski definition) is 0. The zero-order valence-corrected chi connectivity index (χ0v) is 15.3. The van der Waals surface area contributed by atoms with Gasteiger partial charge in [-0.05, 0) is 49.6 Å². The average Bonchev–Trinajstić information content (AvgIpc) is 3.16. The number of likely N-dealkylation sites (tertiary alicyclic amines) is 1. The third-order valence-electron chi connectivity index (χ3n) is 4.94. The molecular weight excluding hydrogens is 320 g/mol. The Balaban J connectivity index is 1.53. The highest BCUT2D eigenvalue weighted by Crippen LogP contribution is 2.22. The van der Waals surface area contributed by atoms with Crippen LogP contribution in [0.25, 0.3) is 0 Å². The molecule has 1 aromatic rings. The molecule has 1 aromatic heterocycles. The smallest absolute Gasteiger partial charge is 0.264 e. The minimum Gasteiger partial charge on any atom is -0.497 e. The van der Waals surface area contributed by atoms with Crippen molar-refractivity contribution < 1.29 is 9.53 Å². The number of nitrogens with zero attached hydrogens (tertiary/aromatic N) is 2. The standard InChI is InChI=1S/C19H28N2O2S/c1-2-10-21(19(22)18-7-5-14-24-18)16-8-11-20(12-9-16)15-17-6-3-4-13-23-17/h4-5,7,13-14,16-17H,2-3,6,8-12,15H2,1H3/t17-/m1/s1. The summed E-state index contributed by atoms with van der Waals surface area (Å²) >= 11 is 1.55. The zero-order valence-electron chi connectivity index (χ0n) is 14.5. The Bertz CT molecular complexity index is 536. The molecule has 0 unspecified atom stereocenters. The van der Waals surface area contributed by atoms with Crippen LogP contribution in [0.15, 0.2) is 29.9 Å². The lowest BCUT2D eigenvalue weighted by atomic mass is 10.0. The Labute approximate surface area is 149 Å². The molecule has 0 bridgehead atoms. The van der Waals surface area contributed by atoms with Gasteiger partial charge in [0.2, 0.25) is 0 Å². The molecule has 0 aromatic carbocycles. The van der Waals surface area contributed by atoms with Crippen LogP contribution < -0.4 is 0 Å². The molecular formula is C19H28N2O2S. The SMILES string of the molecule is CCCN(C(=O)c1cccs1)C1CCN(C[C@H]2CCC=CO2)CC1. The summed E-state index contributed by atoms with van der Waals surface area (Å²) in [5, 5.41) is 1.98. The van der Waals surface area contributed by atoms with Gasteiger partial charge in [0.1, 0.15) is 6.10 Å². The van der Waals surface area contributed by atoms with E-state index >= 15 is 0 Å². The summed E-state index contributed by atoms with van der Waals surface area (Å²) in [7, 11) is 0. The molecule has 1 saturated heterocycles. The van der Waals surface area contributed by atoms with E-state index in [1.54, 1.807) is 11.3 Å². The first-order valence-corrected chi connectivity index (χ1v) is 10.0. The lowest BCUT2D eigenvalue weighted by molar-refractivity contribution is 0.0422. The fourth-order valence-corrected chi connectivity index (χ4v) is 4.33. The predicted molar refractivity (Wildman–Crippen MR) is 98.4 cm³/mol. The van der Waals surface area contributed by atoms with Crippen molar-refractivity contribution in [3.05, 3.63) is 34.7 Å². The highest BCUT2D eigenvalue weighted by molar-refractivity contribution is 7.12. The summed E-state index contributed by atoms with van der Waals surface area (Å²) in [6.07, 6.45) is 9.69. The molecule has 5 heteroatoms. The van der Waals surface area contributed by atoms with Crippen LogP contribution in [-0.4, -0.2) is 54.0 Å². The number of allylic oxidation sites excluding steroid dienone is 1. The molecule has 4 nitrogen and oxygen atoms in total. The van der Waals surface area contributed by atoms with Crippen LogP contribution in [0.1, 0.15) is 48.7 Å². The van der Waals surface area contributed by atoms with E-state index in [4.69, 9.17) is 4.74 Å². The third-order valence-corrected chi connectivity index (χ3v) is 5.80. The molecule has 1 atom stereocenters. The van der Waals surface area contributed by atoms with Crippen LogP contribution in [-0.2, 0) is 4.74 Å². The van der Waals surface area contributed by atoms with Crippen LogP contribution in [0.4, 0.5) is 0 Å². The van der Waals surface area contributed by atoms with Gasteiger partial charge < -0.3 is 9.64 Å². The van der Waals surface area contributed by atoms with E-state index in [0.29, 0.717) is 12.1 Å². The summed E-state index contributed by atoms with van der Waals surface area (Å²) in [5.74, 6) is 0.214. The minimum absolute atomic E-state index is 0.214. The number of ether oxygens (including phenoxy) is 1. The van der Waals surface area contributed by atoms with Gasteiger partial charge in [-0.25, -0.2) is 0 Å².